The summed E-state index contributed by atoms with van der Waals surface area (Å²) in [4.78, 5) is 16.7. The van der Waals surface area contributed by atoms with Gasteiger partial charge in [-0.2, -0.15) is 0 Å². The second kappa shape index (κ2) is 5.75. The number of pyridine rings is 1. The number of nitrogens with zero attached hydrogens (tertiary/aromatic N) is 1. The van der Waals surface area contributed by atoms with Gasteiger partial charge in [0.25, 0.3) is 0 Å². The van der Waals surface area contributed by atoms with Gasteiger partial charge in [0.15, 0.2) is 5.78 Å². The molecule has 2 aromatic carbocycles. The SMILES string of the molecule is COc1ccc2nc(CC(=O)c3ccccc3)ccc2c1. The van der Waals surface area contributed by atoms with Crippen molar-refractivity contribution in [3.8, 4) is 5.75 Å². The molecular weight excluding hydrogens is 262 g/mol. The van der Waals surface area contributed by atoms with Gasteiger partial charge in [0.05, 0.1) is 19.0 Å². The van der Waals surface area contributed by atoms with Crippen molar-refractivity contribution in [3.63, 3.8) is 0 Å². The van der Waals surface area contributed by atoms with E-state index in [1.54, 1.807) is 7.11 Å². The van der Waals surface area contributed by atoms with Crippen LogP contribution in [0.25, 0.3) is 10.9 Å². The molecule has 0 radical (unpaired) electrons. The molecule has 0 fully saturated rings. The van der Waals surface area contributed by atoms with Crippen molar-refractivity contribution >= 4 is 16.7 Å². The first kappa shape index (κ1) is 13.3. The summed E-state index contributed by atoms with van der Waals surface area (Å²) in [6.45, 7) is 0. The van der Waals surface area contributed by atoms with Gasteiger partial charge in [-0.15, -0.1) is 0 Å². The van der Waals surface area contributed by atoms with Gasteiger partial charge in [0.2, 0.25) is 0 Å². The number of carbonyl (C=O) groups is 1. The number of methoxy groups -OCH3 is 1. The molecule has 3 nitrogen and oxygen atoms in total. The molecule has 0 saturated carbocycles. The van der Waals surface area contributed by atoms with Crippen molar-refractivity contribution in [2.45, 2.75) is 6.42 Å². The fourth-order valence-corrected chi connectivity index (χ4v) is 2.26. The van der Waals surface area contributed by atoms with Crippen LogP contribution in [0.3, 0.4) is 0 Å². The summed E-state index contributed by atoms with van der Waals surface area (Å²) in [6.07, 6.45) is 0.311. The van der Waals surface area contributed by atoms with E-state index in [1.165, 1.54) is 0 Å². The fourth-order valence-electron chi connectivity index (χ4n) is 2.26. The third-order valence-corrected chi connectivity index (χ3v) is 3.39. The van der Waals surface area contributed by atoms with Crippen LogP contribution in [-0.2, 0) is 6.42 Å². The van der Waals surface area contributed by atoms with E-state index in [4.69, 9.17) is 4.74 Å². The Morgan fingerprint density at radius 2 is 1.86 bits per heavy atom. The summed E-state index contributed by atoms with van der Waals surface area (Å²) in [7, 11) is 1.64. The molecule has 1 heterocycles. The lowest BCUT2D eigenvalue weighted by Gasteiger charge is -2.05. The maximum Gasteiger partial charge on any atom is 0.168 e. The molecule has 0 unspecified atom stereocenters. The van der Waals surface area contributed by atoms with E-state index in [9.17, 15) is 4.79 Å². The molecule has 0 bridgehead atoms. The molecule has 0 aliphatic rings. The number of rotatable bonds is 4. The third-order valence-electron chi connectivity index (χ3n) is 3.39. The average molecular weight is 277 g/mol. The second-order valence-corrected chi connectivity index (χ2v) is 4.83. The summed E-state index contributed by atoms with van der Waals surface area (Å²) >= 11 is 0. The summed E-state index contributed by atoms with van der Waals surface area (Å²) in [5.41, 5.74) is 2.37. The number of hydrogen-bond donors (Lipinski definition) is 0. The van der Waals surface area contributed by atoms with Crippen LogP contribution in [0, 0.1) is 0 Å². The molecule has 21 heavy (non-hydrogen) atoms. The minimum Gasteiger partial charge on any atom is -0.497 e. The van der Waals surface area contributed by atoms with Gasteiger partial charge >= 0.3 is 0 Å². The first-order valence-electron chi connectivity index (χ1n) is 6.78. The Hall–Kier alpha value is -2.68. The highest BCUT2D eigenvalue weighted by Gasteiger charge is 2.08. The molecule has 0 spiro atoms. The molecule has 0 saturated heterocycles. The van der Waals surface area contributed by atoms with Crippen LogP contribution < -0.4 is 4.74 Å². The molecule has 3 heteroatoms. The van der Waals surface area contributed by atoms with Crippen LogP contribution in [0.2, 0.25) is 0 Å². The van der Waals surface area contributed by atoms with E-state index < -0.39 is 0 Å². The first-order chi connectivity index (χ1) is 10.3. The summed E-state index contributed by atoms with van der Waals surface area (Å²) in [6, 6.07) is 18.9. The van der Waals surface area contributed by atoms with Crippen LogP contribution in [0.1, 0.15) is 16.1 Å². The largest absolute Gasteiger partial charge is 0.497 e. The molecule has 3 aromatic rings. The van der Waals surface area contributed by atoms with Crippen molar-refractivity contribution in [2.24, 2.45) is 0 Å². The zero-order valence-electron chi connectivity index (χ0n) is 11.7. The quantitative estimate of drug-likeness (QED) is 0.683. The van der Waals surface area contributed by atoms with Gasteiger partial charge in [0, 0.05) is 16.6 Å². The number of aromatic nitrogens is 1. The fraction of sp³-hybridized carbons (Fsp3) is 0.111. The zero-order chi connectivity index (χ0) is 14.7. The predicted molar refractivity (Wildman–Crippen MR) is 82.8 cm³/mol. The number of Topliss-reactive ketones (excluding diaryl/α,β-unsaturated/α-hetero) is 1. The molecule has 3 rings (SSSR count). The molecule has 0 N–H and O–H groups in total. The Labute approximate surface area is 123 Å². The van der Waals surface area contributed by atoms with E-state index in [2.05, 4.69) is 4.98 Å². The number of fused-ring (bicyclic) bond motifs is 1. The zero-order valence-corrected chi connectivity index (χ0v) is 11.7. The Bertz CT molecular complexity index is 782. The number of ketones is 1. The number of ether oxygens (including phenoxy) is 1. The summed E-state index contributed by atoms with van der Waals surface area (Å²) < 4.78 is 5.19. The normalized spacial score (nSPS) is 10.5. The van der Waals surface area contributed by atoms with Gasteiger partial charge in [-0.3, -0.25) is 9.78 Å². The van der Waals surface area contributed by atoms with E-state index in [1.807, 2.05) is 60.7 Å². The lowest BCUT2D eigenvalue weighted by Crippen LogP contribution is -2.04. The Morgan fingerprint density at radius 1 is 1.05 bits per heavy atom. The lowest BCUT2D eigenvalue weighted by atomic mass is 10.1. The number of hydrogen-bond acceptors (Lipinski definition) is 3. The van der Waals surface area contributed by atoms with E-state index in [0.717, 1.165) is 22.3 Å². The van der Waals surface area contributed by atoms with Gasteiger partial charge < -0.3 is 4.74 Å². The Balaban J connectivity index is 1.86. The standard InChI is InChI=1S/C18H15NO2/c1-21-16-9-10-17-14(11-16)7-8-15(19-17)12-18(20)13-5-3-2-4-6-13/h2-11H,12H2,1H3. The van der Waals surface area contributed by atoms with Gasteiger partial charge in [-0.05, 0) is 24.3 Å². The van der Waals surface area contributed by atoms with Crippen molar-refractivity contribution in [1.82, 2.24) is 4.98 Å². The number of benzene rings is 2. The molecule has 0 aliphatic carbocycles. The molecule has 0 atom stereocenters. The maximum atomic E-state index is 12.2. The topological polar surface area (TPSA) is 39.2 Å². The molecule has 104 valence electrons. The molecular formula is C18H15NO2. The van der Waals surface area contributed by atoms with Gasteiger partial charge in [-0.25, -0.2) is 0 Å². The molecule has 0 amide bonds. The van der Waals surface area contributed by atoms with Crippen molar-refractivity contribution in [3.05, 3.63) is 71.9 Å². The van der Waals surface area contributed by atoms with Crippen LogP contribution in [0.4, 0.5) is 0 Å². The average Bonchev–Trinajstić information content (AvgIpc) is 2.55. The van der Waals surface area contributed by atoms with Gasteiger partial charge in [0.1, 0.15) is 5.75 Å². The molecule has 0 aliphatic heterocycles. The van der Waals surface area contributed by atoms with E-state index in [-0.39, 0.29) is 5.78 Å². The summed E-state index contributed by atoms with van der Waals surface area (Å²) in [5.74, 6) is 0.883. The summed E-state index contributed by atoms with van der Waals surface area (Å²) in [5, 5.41) is 1.00. The van der Waals surface area contributed by atoms with E-state index in [0.29, 0.717) is 12.0 Å². The highest BCUT2D eigenvalue weighted by atomic mass is 16.5. The van der Waals surface area contributed by atoms with Crippen LogP contribution >= 0.6 is 0 Å². The highest BCUT2D eigenvalue weighted by molar-refractivity contribution is 5.97. The van der Waals surface area contributed by atoms with Crippen molar-refractivity contribution in [1.29, 1.82) is 0 Å². The minimum atomic E-state index is 0.0796. The van der Waals surface area contributed by atoms with Crippen LogP contribution in [-0.4, -0.2) is 17.9 Å². The smallest absolute Gasteiger partial charge is 0.168 e. The minimum absolute atomic E-state index is 0.0796. The third kappa shape index (κ3) is 2.92. The molecule has 1 aromatic heterocycles. The number of carbonyl (C=O) groups excluding carboxylic acids is 1. The first-order valence-corrected chi connectivity index (χ1v) is 6.78. The van der Waals surface area contributed by atoms with E-state index >= 15 is 0 Å². The Kier molecular flexibility index (Phi) is 3.65. The maximum absolute atomic E-state index is 12.2. The highest BCUT2D eigenvalue weighted by Crippen LogP contribution is 2.20. The van der Waals surface area contributed by atoms with Crippen molar-refractivity contribution in [2.75, 3.05) is 7.11 Å². The second-order valence-electron chi connectivity index (χ2n) is 4.83. The van der Waals surface area contributed by atoms with Gasteiger partial charge in [-0.1, -0.05) is 36.4 Å². The Morgan fingerprint density at radius 3 is 2.62 bits per heavy atom. The monoisotopic (exact) mass is 277 g/mol. The lowest BCUT2D eigenvalue weighted by molar-refractivity contribution is 0.0992. The van der Waals surface area contributed by atoms with Crippen molar-refractivity contribution < 1.29 is 9.53 Å². The van der Waals surface area contributed by atoms with Crippen LogP contribution in [0.5, 0.6) is 5.75 Å². The van der Waals surface area contributed by atoms with Crippen LogP contribution in [0.15, 0.2) is 60.7 Å². The predicted octanol–water partition coefficient (Wildman–Crippen LogP) is 3.67.